The molecule has 0 aliphatic rings. The van der Waals surface area contributed by atoms with Crippen LogP contribution in [0.15, 0.2) is 65.8 Å². The van der Waals surface area contributed by atoms with Crippen molar-refractivity contribution < 1.29 is 35.4 Å². The molecule has 0 aromatic heterocycles. The first-order valence-corrected chi connectivity index (χ1v) is 11.1. The van der Waals surface area contributed by atoms with Gasteiger partial charge in [0.1, 0.15) is 23.9 Å². The van der Waals surface area contributed by atoms with E-state index in [1.807, 2.05) is 13.0 Å². The van der Waals surface area contributed by atoms with Gasteiger partial charge in [0.05, 0.1) is 11.2 Å². The number of carbonyl (C=O) groups is 1. The third-order valence-electron chi connectivity index (χ3n) is 4.85. The molecule has 3 rings (SSSR count). The second kappa shape index (κ2) is 12.3. The number of rotatable bonds is 10. The number of hydrogen-bond acceptors (Lipinski definition) is 6. The third kappa shape index (κ3) is 8.47. The number of ether oxygens (including phenoxy) is 2. The summed E-state index contributed by atoms with van der Waals surface area (Å²) in [5.74, 6) is -0.187. The highest BCUT2D eigenvalue weighted by atomic mass is 35.5. The van der Waals surface area contributed by atoms with Gasteiger partial charge in [-0.2, -0.15) is 5.10 Å². The smallest absolute Gasteiger partial charge is 0.506 e. The average molecular weight is 526 g/mol. The van der Waals surface area contributed by atoms with E-state index in [4.69, 9.17) is 16.3 Å². The molecule has 0 heterocycles. The van der Waals surface area contributed by atoms with Crippen LogP contribution in [0.25, 0.3) is 0 Å². The van der Waals surface area contributed by atoms with Crippen LogP contribution < -0.4 is 20.2 Å². The number of nitrogens with one attached hydrogen (secondary N) is 2. The molecule has 3 N–H and O–H groups in total. The molecule has 7 nitrogen and oxygen atoms in total. The highest BCUT2D eigenvalue weighted by molar-refractivity contribution is 6.32. The van der Waals surface area contributed by atoms with Gasteiger partial charge < -0.3 is 19.9 Å². The van der Waals surface area contributed by atoms with Crippen molar-refractivity contribution in [1.29, 1.82) is 0 Å². The number of hydrogen-bond donors (Lipinski definition) is 3. The summed E-state index contributed by atoms with van der Waals surface area (Å²) in [6.45, 7) is 3.25. The predicted molar refractivity (Wildman–Crippen MR) is 134 cm³/mol. The fourth-order valence-electron chi connectivity index (χ4n) is 3.04. The summed E-state index contributed by atoms with van der Waals surface area (Å²) < 4.78 is 46.2. The van der Waals surface area contributed by atoms with Crippen molar-refractivity contribution in [1.82, 2.24) is 10.7 Å². The molecule has 0 atom stereocenters. The van der Waals surface area contributed by atoms with E-state index >= 15 is 0 Å². The summed E-state index contributed by atoms with van der Waals surface area (Å²) in [5, 5.41) is 16.6. The minimum Gasteiger partial charge on any atom is -0.506 e. The van der Waals surface area contributed by atoms with Crippen molar-refractivity contribution in [3.63, 3.8) is 0 Å². The number of nitrogens with zero attached hydrogens (tertiary/aromatic N) is 1. The molecule has 0 saturated heterocycles. The number of phenolic OH excluding ortho intramolecular Hbond substituents is 1. The molecule has 0 aliphatic heterocycles. The van der Waals surface area contributed by atoms with Crippen molar-refractivity contribution in [2.75, 3.05) is 13.2 Å². The van der Waals surface area contributed by atoms with Crippen molar-refractivity contribution in [2.45, 2.75) is 19.8 Å². The Hall–Kier alpha value is -3.76. The quantitative estimate of drug-likeness (QED) is 0.180. The van der Waals surface area contributed by atoms with Gasteiger partial charge in [-0.1, -0.05) is 23.7 Å². The van der Waals surface area contributed by atoms with Gasteiger partial charge in [0.25, 0.3) is 5.91 Å². The predicted octanol–water partition coefficient (Wildman–Crippen LogP) is 5.68. The Labute approximate surface area is 213 Å². The van der Waals surface area contributed by atoms with Gasteiger partial charge in [0.2, 0.25) is 0 Å². The fraction of sp³-hybridized carbons (Fsp3) is 0.200. The number of aromatic hydroxyl groups is 1. The molecule has 0 radical (unpaired) electrons. The molecule has 0 spiro atoms. The lowest BCUT2D eigenvalue weighted by atomic mass is 10.1. The van der Waals surface area contributed by atoms with Gasteiger partial charge in [-0.25, -0.2) is 5.43 Å². The monoisotopic (exact) mass is 525 g/mol. The summed E-state index contributed by atoms with van der Waals surface area (Å²) in [6.07, 6.45) is -3.20. The Morgan fingerprint density at radius 1 is 1.11 bits per heavy atom. The molecule has 3 aromatic rings. The molecule has 0 unspecified atom stereocenters. The lowest BCUT2D eigenvalue weighted by molar-refractivity contribution is -0.274. The van der Waals surface area contributed by atoms with Gasteiger partial charge in [0.15, 0.2) is 0 Å². The van der Waals surface area contributed by atoms with E-state index in [0.29, 0.717) is 25.4 Å². The fourth-order valence-corrected chi connectivity index (χ4v) is 3.22. The van der Waals surface area contributed by atoms with Crippen LogP contribution >= 0.6 is 11.6 Å². The molecule has 0 bridgehead atoms. The first kappa shape index (κ1) is 26.8. The van der Waals surface area contributed by atoms with E-state index in [2.05, 4.69) is 20.6 Å². The number of hydrazone groups is 1. The Balaban J connectivity index is 0.00000361. The summed E-state index contributed by atoms with van der Waals surface area (Å²) in [4.78, 5) is 12.1. The van der Waals surface area contributed by atoms with Crippen LogP contribution in [0.4, 0.5) is 13.2 Å². The maximum atomic E-state index is 12.2. The van der Waals surface area contributed by atoms with Gasteiger partial charge in [-0.3, -0.25) is 4.79 Å². The van der Waals surface area contributed by atoms with E-state index in [-0.39, 0.29) is 24.9 Å². The zero-order valence-electron chi connectivity index (χ0n) is 19.1. The molecule has 0 fully saturated rings. The maximum absolute atomic E-state index is 12.2. The van der Waals surface area contributed by atoms with Crippen molar-refractivity contribution in [2.24, 2.45) is 5.10 Å². The number of carbonyl (C=O) groups excluding carboxylic acids is 1. The van der Waals surface area contributed by atoms with E-state index in [1.165, 1.54) is 36.5 Å². The standard InChI is InChI=1S/C25H23ClF3N3O4.2H2/c1-16-12-21(35-11-10-30-14-17-2-6-20(7-3-17)36-25(27,28)29)8-4-19(16)15-31-32-24(34)18-5-9-23(33)22(26)13-18;;/h2-9,12-13,15,30,33H,10-11,14H2,1H3,(H,32,34);2*1H/b31-15+;;. The van der Waals surface area contributed by atoms with Gasteiger partial charge in [-0.15, -0.1) is 13.2 Å². The highest BCUT2D eigenvalue weighted by Crippen LogP contribution is 2.24. The number of alkyl halides is 3. The van der Waals surface area contributed by atoms with E-state index < -0.39 is 12.3 Å². The average Bonchev–Trinajstić information content (AvgIpc) is 2.82. The van der Waals surface area contributed by atoms with Gasteiger partial charge in [0, 0.05) is 21.5 Å². The van der Waals surface area contributed by atoms with E-state index in [1.54, 1.807) is 24.3 Å². The minimum absolute atomic E-state index is 0. The van der Waals surface area contributed by atoms with Crippen molar-refractivity contribution in [3.8, 4) is 17.2 Å². The van der Waals surface area contributed by atoms with Crippen LogP contribution in [0.1, 0.15) is 29.9 Å². The molecule has 11 heteroatoms. The zero-order chi connectivity index (χ0) is 26.1. The molecular formula is C25H27ClF3N3O4. The zero-order valence-corrected chi connectivity index (χ0v) is 19.9. The van der Waals surface area contributed by atoms with E-state index in [9.17, 15) is 23.1 Å². The number of amides is 1. The number of phenols is 1. The number of benzene rings is 3. The molecular weight excluding hydrogens is 499 g/mol. The highest BCUT2D eigenvalue weighted by Gasteiger charge is 2.30. The van der Waals surface area contributed by atoms with Gasteiger partial charge in [-0.05, 0) is 72.1 Å². The molecule has 194 valence electrons. The van der Waals surface area contributed by atoms with E-state index in [0.717, 1.165) is 16.7 Å². The second-order valence-corrected chi connectivity index (χ2v) is 8.01. The lowest BCUT2D eigenvalue weighted by Gasteiger charge is -2.11. The summed E-state index contributed by atoms with van der Waals surface area (Å²) in [5.41, 5.74) is 5.14. The molecule has 1 amide bonds. The Morgan fingerprint density at radius 2 is 1.83 bits per heavy atom. The SMILES string of the molecule is Cc1cc(OCCNCc2ccc(OC(F)(F)F)cc2)ccc1/C=N/NC(=O)c1ccc(O)c(Cl)c1.[HH].[HH]. The molecule has 36 heavy (non-hydrogen) atoms. The summed E-state index contributed by atoms with van der Waals surface area (Å²) in [7, 11) is 0. The molecule has 0 aliphatic carbocycles. The minimum atomic E-state index is -4.71. The maximum Gasteiger partial charge on any atom is 0.573 e. The first-order valence-electron chi connectivity index (χ1n) is 10.7. The number of halogens is 4. The normalized spacial score (nSPS) is 11.5. The number of aryl methyl sites for hydroxylation is 1. The van der Waals surface area contributed by atoms with Crippen molar-refractivity contribution in [3.05, 3.63) is 87.9 Å². The van der Waals surface area contributed by atoms with Crippen LogP contribution in [-0.4, -0.2) is 36.7 Å². The Kier molecular flexibility index (Phi) is 9.15. The lowest BCUT2D eigenvalue weighted by Crippen LogP contribution is -2.20. The van der Waals surface area contributed by atoms with Crippen LogP contribution in [0.5, 0.6) is 17.2 Å². The summed E-state index contributed by atoms with van der Waals surface area (Å²) >= 11 is 5.81. The van der Waals surface area contributed by atoms with Crippen LogP contribution in [0.3, 0.4) is 0 Å². The molecule has 3 aromatic carbocycles. The molecule has 0 saturated carbocycles. The third-order valence-corrected chi connectivity index (χ3v) is 5.16. The largest absolute Gasteiger partial charge is 0.573 e. The Morgan fingerprint density at radius 3 is 2.50 bits per heavy atom. The van der Waals surface area contributed by atoms with Crippen LogP contribution in [0.2, 0.25) is 5.02 Å². The summed E-state index contributed by atoms with van der Waals surface area (Å²) in [6, 6.07) is 15.2. The van der Waals surface area contributed by atoms with Gasteiger partial charge >= 0.3 is 6.36 Å². The topological polar surface area (TPSA) is 92.2 Å². The second-order valence-electron chi connectivity index (χ2n) is 7.60. The van der Waals surface area contributed by atoms with Crippen LogP contribution in [-0.2, 0) is 6.54 Å². The van der Waals surface area contributed by atoms with Crippen LogP contribution in [0, 0.1) is 6.92 Å². The first-order chi connectivity index (χ1) is 17.1. The Bertz CT molecular complexity index is 1230. The van der Waals surface area contributed by atoms with Crippen molar-refractivity contribution >= 4 is 23.7 Å².